The molecular formula is C16H15ClFN5. The van der Waals surface area contributed by atoms with Crippen LogP contribution in [0.25, 0.3) is 5.69 Å². The Hall–Kier alpha value is -2.31. The molecule has 1 atom stereocenters. The van der Waals surface area contributed by atoms with Crippen molar-refractivity contribution in [1.82, 2.24) is 25.3 Å². The number of hydrogen-bond donors (Lipinski definition) is 1. The van der Waals surface area contributed by atoms with Crippen molar-refractivity contribution in [2.45, 2.75) is 12.5 Å². The van der Waals surface area contributed by atoms with Crippen LogP contribution in [-0.2, 0) is 6.42 Å². The molecule has 0 saturated carbocycles. The third-order valence-electron chi connectivity index (χ3n) is 3.55. The highest BCUT2D eigenvalue weighted by Gasteiger charge is 2.15. The van der Waals surface area contributed by atoms with Gasteiger partial charge >= 0.3 is 0 Å². The van der Waals surface area contributed by atoms with E-state index in [1.54, 1.807) is 29.1 Å². The number of hydrogen-bond acceptors (Lipinski definition) is 4. The first-order chi connectivity index (χ1) is 11.2. The van der Waals surface area contributed by atoms with E-state index in [1.807, 2.05) is 19.3 Å². The summed E-state index contributed by atoms with van der Waals surface area (Å²) in [4.78, 5) is 4.03. The first-order valence-electron chi connectivity index (χ1n) is 7.11. The van der Waals surface area contributed by atoms with Gasteiger partial charge in [-0.15, -0.1) is 5.10 Å². The monoisotopic (exact) mass is 331 g/mol. The normalized spacial score (nSPS) is 12.3. The fourth-order valence-corrected chi connectivity index (χ4v) is 2.39. The standard InChI is InChI=1S/C16H15ClFN5/c1-19-14(8-11-2-4-12(18)5-3-11)15-10-23(22-21-15)13-6-7-16(17)20-9-13/h2-7,9-10,14,19H,8H2,1H3. The Balaban J connectivity index is 1.79. The summed E-state index contributed by atoms with van der Waals surface area (Å²) in [6.45, 7) is 0. The van der Waals surface area contributed by atoms with E-state index in [0.717, 1.165) is 16.9 Å². The fourth-order valence-electron chi connectivity index (χ4n) is 2.28. The molecule has 0 aliphatic carbocycles. The maximum Gasteiger partial charge on any atom is 0.129 e. The molecule has 1 unspecified atom stereocenters. The number of pyridine rings is 1. The van der Waals surface area contributed by atoms with Gasteiger partial charge in [-0.1, -0.05) is 28.9 Å². The van der Waals surface area contributed by atoms with E-state index in [0.29, 0.717) is 11.6 Å². The molecule has 0 spiro atoms. The number of benzene rings is 1. The first kappa shape index (κ1) is 15.6. The minimum absolute atomic E-state index is 0.0190. The minimum Gasteiger partial charge on any atom is -0.311 e. The van der Waals surface area contributed by atoms with Crippen molar-refractivity contribution in [3.05, 3.63) is 71.0 Å². The zero-order valence-electron chi connectivity index (χ0n) is 12.4. The lowest BCUT2D eigenvalue weighted by atomic mass is 10.0. The lowest BCUT2D eigenvalue weighted by molar-refractivity contribution is 0.572. The highest BCUT2D eigenvalue weighted by molar-refractivity contribution is 6.29. The van der Waals surface area contributed by atoms with Crippen LogP contribution in [0.2, 0.25) is 5.15 Å². The number of likely N-dealkylation sites (N-methyl/N-ethyl adjacent to an activating group) is 1. The van der Waals surface area contributed by atoms with Crippen LogP contribution in [0.1, 0.15) is 17.3 Å². The molecule has 5 nitrogen and oxygen atoms in total. The Morgan fingerprint density at radius 3 is 2.65 bits per heavy atom. The van der Waals surface area contributed by atoms with Crippen molar-refractivity contribution >= 4 is 11.6 Å². The number of nitrogens with zero attached hydrogens (tertiary/aromatic N) is 4. The second kappa shape index (κ2) is 6.85. The zero-order valence-corrected chi connectivity index (χ0v) is 13.2. The van der Waals surface area contributed by atoms with Crippen LogP contribution in [0.4, 0.5) is 4.39 Å². The molecule has 0 aliphatic rings. The van der Waals surface area contributed by atoms with E-state index < -0.39 is 0 Å². The van der Waals surface area contributed by atoms with Gasteiger partial charge in [-0.05, 0) is 43.3 Å². The molecule has 1 N–H and O–H groups in total. The maximum atomic E-state index is 13.0. The van der Waals surface area contributed by atoms with E-state index >= 15 is 0 Å². The topological polar surface area (TPSA) is 55.6 Å². The molecule has 7 heteroatoms. The van der Waals surface area contributed by atoms with Crippen molar-refractivity contribution in [2.75, 3.05) is 7.05 Å². The third kappa shape index (κ3) is 3.72. The van der Waals surface area contributed by atoms with E-state index in [4.69, 9.17) is 11.6 Å². The van der Waals surface area contributed by atoms with Crippen LogP contribution in [0.3, 0.4) is 0 Å². The molecule has 3 rings (SSSR count). The van der Waals surface area contributed by atoms with E-state index in [2.05, 4.69) is 20.6 Å². The summed E-state index contributed by atoms with van der Waals surface area (Å²) in [5.41, 5.74) is 2.60. The highest BCUT2D eigenvalue weighted by atomic mass is 35.5. The predicted octanol–water partition coefficient (Wildman–Crippen LogP) is 2.96. The van der Waals surface area contributed by atoms with Crippen molar-refractivity contribution in [3.63, 3.8) is 0 Å². The van der Waals surface area contributed by atoms with Crippen molar-refractivity contribution < 1.29 is 4.39 Å². The van der Waals surface area contributed by atoms with Crippen molar-refractivity contribution in [1.29, 1.82) is 0 Å². The molecular weight excluding hydrogens is 317 g/mol. The van der Waals surface area contributed by atoms with Gasteiger partial charge in [0.15, 0.2) is 0 Å². The second-order valence-electron chi connectivity index (χ2n) is 5.10. The van der Waals surface area contributed by atoms with E-state index in [9.17, 15) is 4.39 Å². The number of aromatic nitrogens is 4. The van der Waals surface area contributed by atoms with Gasteiger partial charge in [0.25, 0.3) is 0 Å². The molecule has 2 aromatic heterocycles. The molecule has 0 radical (unpaired) electrons. The predicted molar refractivity (Wildman–Crippen MR) is 86.1 cm³/mol. The van der Waals surface area contributed by atoms with Crippen molar-refractivity contribution in [3.8, 4) is 5.69 Å². The summed E-state index contributed by atoms with van der Waals surface area (Å²) in [6, 6.07) is 9.96. The summed E-state index contributed by atoms with van der Waals surface area (Å²) in [6.07, 6.45) is 4.17. The highest BCUT2D eigenvalue weighted by Crippen LogP contribution is 2.18. The Morgan fingerprint density at radius 2 is 2.00 bits per heavy atom. The lowest BCUT2D eigenvalue weighted by Crippen LogP contribution is -2.19. The second-order valence-corrected chi connectivity index (χ2v) is 5.49. The van der Waals surface area contributed by atoms with Crippen molar-refractivity contribution in [2.24, 2.45) is 0 Å². The number of nitrogens with one attached hydrogen (secondary N) is 1. The molecule has 0 aliphatic heterocycles. The largest absolute Gasteiger partial charge is 0.311 e. The van der Waals surface area contributed by atoms with Gasteiger partial charge in [-0.25, -0.2) is 14.1 Å². The SMILES string of the molecule is CNC(Cc1ccc(F)cc1)c1cn(-c2ccc(Cl)nc2)nn1. The minimum atomic E-state index is -0.240. The Kier molecular flexibility index (Phi) is 4.64. The molecule has 3 aromatic rings. The summed E-state index contributed by atoms with van der Waals surface area (Å²) >= 11 is 5.79. The zero-order chi connectivity index (χ0) is 16.2. The summed E-state index contributed by atoms with van der Waals surface area (Å²) < 4.78 is 14.6. The van der Waals surface area contributed by atoms with Gasteiger partial charge in [0.05, 0.1) is 24.1 Å². The quantitative estimate of drug-likeness (QED) is 0.730. The molecule has 2 heterocycles. The smallest absolute Gasteiger partial charge is 0.129 e. The summed E-state index contributed by atoms with van der Waals surface area (Å²) in [5, 5.41) is 12.0. The average molecular weight is 332 g/mol. The molecule has 0 bridgehead atoms. The van der Waals surface area contributed by atoms with Crippen LogP contribution < -0.4 is 5.32 Å². The molecule has 1 aromatic carbocycles. The Bertz CT molecular complexity index is 770. The van der Waals surface area contributed by atoms with Gasteiger partial charge in [-0.2, -0.15) is 0 Å². The van der Waals surface area contributed by atoms with Crippen LogP contribution >= 0.6 is 11.6 Å². The fraction of sp³-hybridized carbons (Fsp3) is 0.188. The number of rotatable bonds is 5. The molecule has 0 amide bonds. The molecule has 23 heavy (non-hydrogen) atoms. The van der Waals surface area contributed by atoms with E-state index in [1.165, 1.54) is 12.1 Å². The molecule has 0 saturated heterocycles. The van der Waals surface area contributed by atoms with Gasteiger partial charge in [-0.3, -0.25) is 0 Å². The lowest BCUT2D eigenvalue weighted by Gasteiger charge is -2.13. The summed E-state index contributed by atoms with van der Waals surface area (Å²) in [5.74, 6) is -0.240. The summed E-state index contributed by atoms with van der Waals surface area (Å²) in [7, 11) is 1.86. The van der Waals surface area contributed by atoms with Gasteiger partial charge in [0.2, 0.25) is 0 Å². The molecule has 0 fully saturated rings. The van der Waals surface area contributed by atoms with Crippen LogP contribution in [-0.4, -0.2) is 27.0 Å². The van der Waals surface area contributed by atoms with Crippen LogP contribution in [0, 0.1) is 5.82 Å². The molecule has 118 valence electrons. The third-order valence-corrected chi connectivity index (χ3v) is 3.77. The Labute approximate surface area is 138 Å². The number of halogens is 2. The van der Waals surface area contributed by atoms with Crippen LogP contribution in [0.5, 0.6) is 0 Å². The van der Waals surface area contributed by atoms with Crippen LogP contribution in [0.15, 0.2) is 48.8 Å². The Morgan fingerprint density at radius 1 is 1.22 bits per heavy atom. The van der Waals surface area contributed by atoms with Gasteiger partial charge in [0, 0.05) is 0 Å². The van der Waals surface area contributed by atoms with Gasteiger partial charge in [0.1, 0.15) is 16.7 Å². The van der Waals surface area contributed by atoms with Gasteiger partial charge < -0.3 is 5.32 Å². The maximum absolute atomic E-state index is 13.0. The average Bonchev–Trinajstić information content (AvgIpc) is 3.05. The first-order valence-corrected chi connectivity index (χ1v) is 7.49. The van der Waals surface area contributed by atoms with E-state index in [-0.39, 0.29) is 11.9 Å².